The first kappa shape index (κ1) is 33.0. The lowest BCUT2D eigenvalue weighted by Gasteiger charge is -2.45. The Balaban J connectivity index is 1.63. The van der Waals surface area contributed by atoms with Crippen LogP contribution in [0.2, 0.25) is 5.02 Å². The lowest BCUT2D eigenvalue weighted by atomic mass is 9.94. The molecule has 3 aromatic carbocycles. The zero-order valence-electron chi connectivity index (χ0n) is 26.2. The van der Waals surface area contributed by atoms with Crippen molar-refractivity contribution in [3.05, 3.63) is 82.9 Å². The fourth-order valence-corrected chi connectivity index (χ4v) is 6.00. The zero-order valence-corrected chi connectivity index (χ0v) is 26.9. The SMILES string of the molecule is CC(=O)N[C@H](Cc1ccc(Cl)cc1)C(=O)N1CCN([C@@H](Cc2ccc3ccccc3c2)C(=O)NC(C)C)C(=O)[C@@H]1CC(C)C. The molecular formula is C35H43ClN4O4. The van der Waals surface area contributed by atoms with Gasteiger partial charge in [0.05, 0.1) is 0 Å². The summed E-state index contributed by atoms with van der Waals surface area (Å²) >= 11 is 6.05. The van der Waals surface area contributed by atoms with Crippen LogP contribution in [0.15, 0.2) is 66.7 Å². The van der Waals surface area contributed by atoms with E-state index in [1.54, 1.807) is 21.9 Å². The van der Waals surface area contributed by atoms with Crippen LogP contribution in [0.3, 0.4) is 0 Å². The van der Waals surface area contributed by atoms with Crippen molar-refractivity contribution >= 4 is 46.0 Å². The van der Waals surface area contributed by atoms with Crippen molar-refractivity contribution < 1.29 is 19.2 Å². The third-order valence-corrected chi connectivity index (χ3v) is 8.14. The molecule has 234 valence electrons. The Morgan fingerprint density at radius 1 is 0.864 bits per heavy atom. The molecule has 44 heavy (non-hydrogen) atoms. The van der Waals surface area contributed by atoms with Gasteiger partial charge in [-0.05, 0) is 60.2 Å². The molecule has 0 bridgehead atoms. The van der Waals surface area contributed by atoms with Crippen molar-refractivity contribution in [2.45, 2.75) is 78.0 Å². The Hall–Kier alpha value is -3.91. The number of halogens is 1. The van der Waals surface area contributed by atoms with Crippen LogP contribution in [0, 0.1) is 5.92 Å². The van der Waals surface area contributed by atoms with Crippen LogP contribution in [0.4, 0.5) is 0 Å². The van der Waals surface area contributed by atoms with Crippen molar-refractivity contribution in [1.29, 1.82) is 0 Å². The molecule has 9 heteroatoms. The van der Waals surface area contributed by atoms with Gasteiger partial charge in [0.2, 0.25) is 23.6 Å². The molecule has 4 rings (SSSR count). The Kier molecular flexibility index (Phi) is 11.0. The van der Waals surface area contributed by atoms with Gasteiger partial charge in [0.15, 0.2) is 0 Å². The first-order valence-corrected chi connectivity index (χ1v) is 15.7. The quantitative estimate of drug-likeness (QED) is 0.324. The molecule has 0 unspecified atom stereocenters. The number of amides is 4. The molecule has 3 atom stereocenters. The Labute approximate surface area is 265 Å². The van der Waals surface area contributed by atoms with Crippen molar-refractivity contribution in [2.24, 2.45) is 5.92 Å². The molecule has 1 aliphatic heterocycles. The second-order valence-corrected chi connectivity index (χ2v) is 12.8. The maximum absolute atomic E-state index is 14.3. The highest BCUT2D eigenvalue weighted by Gasteiger charge is 2.43. The van der Waals surface area contributed by atoms with Gasteiger partial charge in [0, 0.05) is 43.9 Å². The number of rotatable bonds is 11. The van der Waals surface area contributed by atoms with Crippen LogP contribution in [0.5, 0.6) is 0 Å². The van der Waals surface area contributed by atoms with Gasteiger partial charge in [-0.25, -0.2) is 0 Å². The van der Waals surface area contributed by atoms with Crippen molar-refractivity contribution in [2.75, 3.05) is 13.1 Å². The highest BCUT2D eigenvalue weighted by molar-refractivity contribution is 6.30. The largest absolute Gasteiger partial charge is 0.352 e. The molecule has 0 radical (unpaired) electrons. The van der Waals surface area contributed by atoms with E-state index in [0.717, 1.165) is 21.9 Å². The summed E-state index contributed by atoms with van der Waals surface area (Å²) in [4.78, 5) is 57.4. The van der Waals surface area contributed by atoms with Crippen LogP contribution in [0.25, 0.3) is 10.8 Å². The molecule has 1 saturated heterocycles. The number of nitrogens with one attached hydrogen (secondary N) is 2. The molecule has 4 amide bonds. The smallest absolute Gasteiger partial charge is 0.246 e. The summed E-state index contributed by atoms with van der Waals surface area (Å²) < 4.78 is 0. The molecule has 0 saturated carbocycles. The summed E-state index contributed by atoms with van der Waals surface area (Å²) in [6.45, 7) is 9.64. The van der Waals surface area contributed by atoms with Crippen LogP contribution in [-0.4, -0.2) is 70.7 Å². The molecule has 1 aliphatic rings. The van der Waals surface area contributed by atoms with E-state index in [9.17, 15) is 19.2 Å². The van der Waals surface area contributed by atoms with Gasteiger partial charge in [-0.2, -0.15) is 0 Å². The number of hydrogen-bond donors (Lipinski definition) is 2. The third-order valence-electron chi connectivity index (χ3n) is 7.89. The van der Waals surface area contributed by atoms with Crippen LogP contribution < -0.4 is 10.6 Å². The van der Waals surface area contributed by atoms with Gasteiger partial charge in [-0.15, -0.1) is 0 Å². The predicted molar refractivity (Wildman–Crippen MR) is 174 cm³/mol. The van der Waals surface area contributed by atoms with E-state index in [-0.39, 0.29) is 55.1 Å². The Bertz CT molecular complexity index is 1490. The minimum atomic E-state index is -0.847. The maximum Gasteiger partial charge on any atom is 0.246 e. The molecular weight excluding hydrogens is 576 g/mol. The summed E-state index contributed by atoms with van der Waals surface area (Å²) in [6.07, 6.45) is 1.05. The highest BCUT2D eigenvalue weighted by atomic mass is 35.5. The van der Waals surface area contributed by atoms with E-state index in [1.807, 2.05) is 76.2 Å². The van der Waals surface area contributed by atoms with Crippen molar-refractivity contribution in [3.8, 4) is 0 Å². The topological polar surface area (TPSA) is 98.8 Å². The van der Waals surface area contributed by atoms with Gasteiger partial charge < -0.3 is 20.4 Å². The number of piperazine rings is 1. The molecule has 1 heterocycles. The third kappa shape index (κ3) is 8.38. The number of carbonyl (C=O) groups is 4. The van der Waals surface area contributed by atoms with E-state index in [4.69, 9.17) is 11.6 Å². The molecule has 3 aromatic rings. The monoisotopic (exact) mass is 618 g/mol. The molecule has 0 aliphatic carbocycles. The standard InChI is InChI=1S/C35H43ClN4O4/c1-22(2)18-32-35(44)39(16-17-40(32)34(43)30(38-24(5)41)20-25-11-14-29(36)15-12-25)31(33(42)37-23(3)4)21-26-10-13-27-8-6-7-9-28(27)19-26/h6-15,19,22-23,30-32H,16-18,20-21H2,1-5H3,(H,37,42)(H,38,41)/t30-,31+,32+/m1/s1. The molecule has 0 aromatic heterocycles. The fraction of sp³-hybridized carbons (Fsp3) is 0.429. The highest BCUT2D eigenvalue weighted by Crippen LogP contribution is 2.25. The Morgan fingerprint density at radius 2 is 1.52 bits per heavy atom. The normalized spacial score (nSPS) is 16.7. The molecule has 0 spiro atoms. The second kappa shape index (κ2) is 14.7. The molecule has 2 N–H and O–H groups in total. The lowest BCUT2D eigenvalue weighted by molar-refractivity contribution is -0.157. The van der Waals surface area contributed by atoms with Crippen molar-refractivity contribution in [1.82, 2.24) is 20.4 Å². The fourth-order valence-electron chi connectivity index (χ4n) is 5.87. The summed E-state index contributed by atoms with van der Waals surface area (Å²) in [7, 11) is 0. The summed E-state index contributed by atoms with van der Waals surface area (Å²) in [5.74, 6) is -1.01. The first-order chi connectivity index (χ1) is 20.9. The number of benzene rings is 3. The molecule has 8 nitrogen and oxygen atoms in total. The summed E-state index contributed by atoms with van der Waals surface area (Å²) in [5, 5.41) is 8.55. The van der Waals surface area contributed by atoms with Crippen LogP contribution >= 0.6 is 11.6 Å². The predicted octanol–water partition coefficient (Wildman–Crippen LogP) is 4.76. The minimum Gasteiger partial charge on any atom is -0.352 e. The van der Waals surface area contributed by atoms with E-state index < -0.39 is 18.1 Å². The average molecular weight is 619 g/mol. The van der Waals surface area contributed by atoms with Crippen LogP contribution in [-0.2, 0) is 32.0 Å². The van der Waals surface area contributed by atoms with Gasteiger partial charge in [0.25, 0.3) is 0 Å². The van der Waals surface area contributed by atoms with E-state index in [0.29, 0.717) is 17.9 Å². The van der Waals surface area contributed by atoms with Gasteiger partial charge in [-0.3, -0.25) is 19.2 Å². The number of carbonyl (C=O) groups excluding carboxylic acids is 4. The minimum absolute atomic E-state index is 0.0997. The van der Waals surface area contributed by atoms with Gasteiger partial charge >= 0.3 is 0 Å². The number of fused-ring (bicyclic) bond motifs is 1. The van der Waals surface area contributed by atoms with Crippen LogP contribution in [0.1, 0.15) is 52.2 Å². The van der Waals surface area contributed by atoms with E-state index in [2.05, 4.69) is 16.7 Å². The zero-order chi connectivity index (χ0) is 32.0. The molecule has 1 fully saturated rings. The maximum atomic E-state index is 14.3. The van der Waals surface area contributed by atoms with Gasteiger partial charge in [-0.1, -0.05) is 80.0 Å². The number of nitrogens with zero attached hydrogens (tertiary/aromatic N) is 2. The second-order valence-electron chi connectivity index (χ2n) is 12.4. The summed E-state index contributed by atoms with van der Waals surface area (Å²) in [6, 6.07) is 18.8. The van der Waals surface area contributed by atoms with E-state index >= 15 is 0 Å². The Morgan fingerprint density at radius 3 is 2.16 bits per heavy atom. The van der Waals surface area contributed by atoms with Crippen molar-refractivity contribution in [3.63, 3.8) is 0 Å². The number of hydrogen-bond acceptors (Lipinski definition) is 4. The lowest BCUT2D eigenvalue weighted by Crippen LogP contribution is -2.66. The van der Waals surface area contributed by atoms with E-state index in [1.165, 1.54) is 6.92 Å². The average Bonchev–Trinajstić information content (AvgIpc) is 2.96. The van der Waals surface area contributed by atoms with Gasteiger partial charge in [0.1, 0.15) is 18.1 Å². The first-order valence-electron chi connectivity index (χ1n) is 15.3. The summed E-state index contributed by atoms with van der Waals surface area (Å²) in [5.41, 5.74) is 1.79.